The molecule has 6 heteroatoms. The zero-order valence-corrected chi connectivity index (χ0v) is 11.7. The van der Waals surface area contributed by atoms with Crippen molar-refractivity contribution < 1.29 is 23.8 Å². The third-order valence-corrected chi connectivity index (χ3v) is 3.17. The van der Waals surface area contributed by atoms with E-state index in [-0.39, 0.29) is 22.7 Å². The quantitative estimate of drug-likeness (QED) is 0.636. The van der Waals surface area contributed by atoms with E-state index in [4.69, 9.17) is 4.74 Å². The normalized spacial score (nSPS) is 15.4. The van der Waals surface area contributed by atoms with Crippen molar-refractivity contribution >= 4 is 23.9 Å². The van der Waals surface area contributed by atoms with E-state index in [2.05, 4.69) is 4.99 Å². The van der Waals surface area contributed by atoms with Gasteiger partial charge in [0.15, 0.2) is 5.70 Å². The molecule has 0 spiro atoms. The van der Waals surface area contributed by atoms with E-state index in [0.717, 1.165) is 0 Å². The van der Waals surface area contributed by atoms with Crippen LogP contribution in [-0.2, 0) is 9.53 Å². The molecule has 2 aromatic rings. The number of aliphatic imine (C=N–C) groups is 1. The van der Waals surface area contributed by atoms with E-state index in [1.165, 1.54) is 48.5 Å². The fraction of sp³-hybridized carbons (Fsp3) is 0. The molecule has 2 aromatic carbocycles. The van der Waals surface area contributed by atoms with Crippen LogP contribution in [0.15, 0.2) is 59.2 Å². The molecule has 0 unspecified atom stereocenters. The van der Waals surface area contributed by atoms with Crippen molar-refractivity contribution in [2.75, 3.05) is 0 Å². The molecule has 0 saturated heterocycles. The number of cyclic esters (lactones) is 1. The summed E-state index contributed by atoms with van der Waals surface area (Å²) in [5.74, 6) is -2.64. The van der Waals surface area contributed by atoms with Crippen LogP contribution in [0, 0.1) is 5.82 Å². The number of ether oxygens (including phenoxy) is 1. The highest BCUT2D eigenvalue weighted by molar-refractivity contribution is 6.12. The molecule has 1 heterocycles. The molecule has 0 fully saturated rings. The molecule has 5 nitrogen and oxygen atoms in total. The van der Waals surface area contributed by atoms with Crippen LogP contribution in [0.1, 0.15) is 21.5 Å². The van der Waals surface area contributed by atoms with Gasteiger partial charge in [0, 0.05) is 0 Å². The van der Waals surface area contributed by atoms with Crippen LogP contribution in [0.25, 0.3) is 6.08 Å². The van der Waals surface area contributed by atoms with Crippen molar-refractivity contribution in [2.24, 2.45) is 4.99 Å². The zero-order valence-electron chi connectivity index (χ0n) is 11.7. The summed E-state index contributed by atoms with van der Waals surface area (Å²) >= 11 is 0. The minimum atomic E-state index is -1.29. The van der Waals surface area contributed by atoms with Gasteiger partial charge in [0.25, 0.3) is 0 Å². The second kappa shape index (κ2) is 5.84. The van der Waals surface area contributed by atoms with Gasteiger partial charge >= 0.3 is 5.97 Å². The first-order chi connectivity index (χ1) is 11.0. The van der Waals surface area contributed by atoms with Gasteiger partial charge in [-0.25, -0.2) is 14.2 Å². The molecular weight excluding hydrogens is 301 g/mol. The molecular formula is C17H9FNO4-. The second-order valence-electron chi connectivity index (χ2n) is 4.73. The van der Waals surface area contributed by atoms with Crippen LogP contribution < -0.4 is 5.11 Å². The molecule has 1 aliphatic heterocycles. The minimum absolute atomic E-state index is 0.00412. The van der Waals surface area contributed by atoms with E-state index in [1.807, 2.05) is 0 Å². The summed E-state index contributed by atoms with van der Waals surface area (Å²) in [4.78, 5) is 26.5. The summed E-state index contributed by atoms with van der Waals surface area (Å²) in [6, 6.07) is 11.5. The minimum Gasteiger partial charge on any atom is -0.545 e. The highest BCUT2D eigenvalue weighted by atomic mass is 19.1. The van der Waals surface area contributed by atoms with Gasteiger partial charge in [0.1, 0.15) is 5.82 Å². The largest absolute Gasteiger partial charge is 0.545 e. The maximum Gasteiger partial charge on any atom is 0.363 e. The molecule has 1 aliphatic rings. The Balaban J connectivity index is 1.92. The van der Waals surface area contributed by atoms with Gasteiger partial charge in [-0.15, -0.1) is 0 Å². The molecule has 0 aromatic heterocycles. The first-order valence-electron chi connectivity index (χ1n) is 6.63. The van der Waals surface area contributed by atoms with Gasteiger partial charge in [0.2, 0.25) is 5.90 Å². The number of rotatable bonds is 3. The average Bonchev–Trinajstić information content (AvgIpc) is 2.89. The van der Waals surface area contributed by atoms with Crippen molar-refractivity contribution in [3.8, 4) is 0 Å². The lowest BCUT2D eigenvalue weighted by Gasteiger charge is -2.01. The van der Waals surface area contributed by atoms with Crippen molar-refractivity contribution in [2.45, 2.75) is 0 Å². The number of aromatic carboxylic acids is 1. The van der Waals surface area contributed by atoms with Gasteiger partial charge in [-0.1, -0.05) is 36.4 Å². The Labute approximate surface area is 130 Å². The van der Waals surface area contributed by atoms with Gasteiger partial charge < -0.3 is 14.6 Å². The molecule has 0 aliphatic carbocycles. The van der Waals surface area contributed by atoms with Crippen LogP contribution in [0.3, 0.4) is 0 Å². The summed E-state index contributed by atoms with van der Waals surface area (Å²) in [6.45, 7) is 0. The molecule has 0 saturated carbocycles. The first kappa shape index (κ1) is 14.6. The van der Waals surface area contributed by atoms with Crippen LogP contribution in [-0.4, -0.2) is 17.8 Å². The van der Waals surface area contributed by atoms with Gasteiger partial charge in [0.05, 0.1) is 11.5 Å². The SMILES string of the molecule is O=C1OC(c2ccccc2F)=NC1=Cc1ccc(C(=O)[O-])cc1. The summed E-state index contributed by atoms with van der Waals surface area (Å²) in [5, 5.41) is 10.7. The topological polar surface area (TPSA) is 78.8 Å². The molecule has 0 N–H and O–H groups in total. The zero-order chi connectivity index (χ0) is 16.4. The number of halogens is 1. The Bertz CT molecular complexity index is 853. The predicted octanol–water partition coefficient (Wildman–Crippen LogP) is 1.53. The summed E-state index contributed by atoms with van der Waals surface area (Å²) in [5.41, 5.74) is 0.679. The van der Waals surface area contributed by atoms with Crippen LogP contribution in [0.2, 0.25) is 0 Å². The van der Waals surface area contributed by atoms with E-state index in [0.29, 0.717) is 5.56 Å². The van der Waals surface area contributed by atoms with E-state index in [9.17, 15) is 19.1 Å². The van der Waals surface area contributed by atoms with Crippen LogP contribution in [0.4, 0.5) is 4.39 Å². The Hall–Kier alpha value is -3.28. The van der Waals surface area contributed by atoms with Crippen molar-refractivity contribution in [3.05, 3.63) is 76.7 Å². The number of benzene rings is 2. The Morgan fingerprint density at radius 2 is 1.83 bits per heavy atom. The Morgan fingerprint density at radius 1 is 1.13 bits per heavy atom. The molecule has 3 rings (SSSR count). The lowest BCUT2D eigenvalue weighted by atomic mass is 10.1. The van der Waals surface area contributed by atoms with E-state index < -0.39 is 17.8 Å². The number of hydrogen-bond acceptors (Lipinski definition) is 5. The smallest absolute Gasteiger partial charge is 0.363 e. The number of nitrogens with zero attached hydrogens (tertiary/aromatic N) is 1. The lowest BCUT2D eigenvalue weighted by Crippen LogP contribution is -2.21. The highest BCUT2D eigenvalue weighted by Gasteiger charge is 2.25. The number of carbonyl (C=O) groups excluding carboxylic acids is 2. The summed E-state index contributed by atoms with van der Waals surface area (Å²) < 4.78 is 18.7. The maximum atomic E-state index is 13.7. The van der Waals surface area contributed by atoms with E-state index in [1.54, 1.807) is 6.07 Å². The third kappa shape index (κ3) is 3.01. The molecule has 0 amide bonds. The third-order valence-electron chi connectivity index (χ3n) is 3.17. The van der Waals surface area contributed by atoms with Gasteiger partial charge in [-0.05, 0) is 29.3 Å². The molecule has 0 radical (unpaired) electrons. The second-order valence-corrected chi connectivity index (χ2v) is 4.73. The Kier molecular flexibility index (Phi) is 3.72. The van der Waals surface area contributed by atoms with Gasteiger partial charge in [-0.2, -0.15) is 0 Å². The first-order valence-corrected chi connectivity index (χ1v) is 6.63. The molecule has 0 bridgehead atoms. The average molecular weight is 310 g/mol. The van der Waals surface area contributed by atoms with Crippen molar-refractivity contribution in [3.63, 3.8) is 0 Å². The fourth-order valence-electron chi connectivity index (χ4n) is 2.03. The molecule has 23 heavy (non-hydrogen) atoms. The number of esters is 1. The molecule has 114 valence electrons. The number of hydrogen-bond donors (Lipinski definition) is 0. The predicted molar refractivity (Wildman–Crippen MR) is 77.8 cm³/mol. The maximum absolute atomic E-state index is 13.7. The fourth-order valence-corrected chi connectivity index (χ4v) is 2.03. The number of carboxylic acids is 1. The summed E-state index contributed by atoms with van der Waals surface area (Å²) in [7, 11) is 0. The number of carboxylic acid groups (broad SMARTS) is 1. The van der Waals surface area contributed by atoms with E-state index >= 15 is 0 Å². The monoisotopic (exact) mass is 310 g/mol. The van der Waals surface area contributed by atoms with Gasteiger partial charge in [-0.3, -0.25) is 0 Å². The van der Waals surface area contributed by atoms with Crippen molar-refractivity contribution in [1.29, 1.82) is 0 Å². The lowest BCUT2D eigenvalue weighted by molar-refractivity contribution is -0.255. The highest BCUT2D eigenvalue weighted by Crippen LogP contribution is 2.20. The van der Waals surface area contributed by atoms with Crippen molar-refractivity contribution in [1.82, 2.24) is 0 Å². The Morgan fingerprint density at radius 3 is 2.48 bits per heavy atom. The number of carbonyl (C=O) groups is 2. The molecule has 0 atom stereocenters. The summed E-state index contributed by atoms with van der Waals surface area (Å²) in [6.07, 6.45) is 1.43. The van der Waals surface area contributed by atoms with Crippen LogP contribution in [0.5, 0.6) is 0 Å². The van der Waals surface area contributed by atoms with Crippen LogP contribution >= 0.6 is 0 Å². The standard InChI is InChI=1S/C17H10FNO4/c18-13-4-2-1-3-12(13)15-19-14(17(22)23-15)9-10-5-7-11(8-6-10)16(20)21/h1-9H,(H,20,21)/p-1.